The van der Waals surface area contributed by atoms with Gasteiger partial charge >= 0.3 is 0 Å². The molecule has 35 heavy (non-hydrogen) atoms. The minimum absolute atomic E-state index is 0.169. The van der Waals surface area contributed by atoms with E-state index in [-0.39, 0.29) is 30.2 Å². The maximum absolute atomic E-state index is 13.7. The van der Waals surface area contributed by atoms with Crippen molar-refractivity contribution < 1.29 is 14.4 Å². The molecule has 0 saturated carbocycles. The minimum Gasteiger partial charge on any atom is -0.274 e. The molecule has 5 rings (SSSR count). The fraction of sp³-hybridized carbons (Fsp3) is 0.0800. The molecule has 0 aliphatic carbocycles. The summed E-state index contributed by atoms with van der Waals surface area (Å²) in [5.41, 5.74) is 2.19. The Bertz CT molecular complexity index is 1480. The predicted octanol–water partition coefficient (Wildman–Crippen LogP) is 6.16. The van der Waals surface area contributed by atoms with Gasteiger partial charge in [-0.05, 0) is 54.1 Å². The number of aromatic nitrogens is 1. The second-order valence-corrected chi connectivity index (χ2v) is 10.5. The van der Waals surface area contributed by atoms with E-state index in [1.807, 2.05) is 42.5 Å². The Labute approximate surface area is 221 Å². The summed E-state index contributed by atoms with van der Waals surface area (Å²) in [6.07, 6.45) is 1.92. The van der Waals surface area contributed by atoms with E-state index in [2.05, 4.69) is 41.9 Å². The molecular formula is C25H16Br2N4O3S. The number of hydrogen-bond donors (Lipinski definition) is 0. The molecule has 0 spiro atoms. The molecule has 0 unspecified atom stereocenters. The monoisotopic (exact) mass is 610 g/mol. The Kier molecular flexibility index (Phi) is 6.59. The van der Waals surface area contributed by atoms with Crippen LogP contribution in [0, 0.1) is 0 Å². The highest BCUT2D eigenvalue weighted by Gasteiger charge is 2.31. The van der Waals surface area contributed by atoms with Crippen LogP contribution in [0.25, 0.3) is 10.2 Å². The van der Waals surface area contributed by atoms with E-state index in [4.69, 9.17) is 0 Å². The summed E-state index contributed by atoms with van der Waals surface area (Å²) in [5.74, 6) is -0.986. The zero-order valence-corrected chi connectivity index (χ0v) is 22.0. The van der Waals surface area contributed by atoms with Gasteiger partial charge in [-0.2, -0.15) is 10.1 Å². The Morgan fingerprint density at radius 1 is 0.971 bits per heavy atom. The number of imide groups is 1. The standard InChI is InChI=1S/C25H16Br2N4O3S/c26-17-6-4-15(5-7-17)14-28-31(25-29-20-9-8-18(27)13-21(20)35-25)24(34)16-2-1-3-19(12-16)30-22(32)10-11-23(30)33/h1-9,12-14H,10-11H2/b28-14+. The molecule has 1 aliphatic rings. The van der Waals surface area contributed by atoms with Crippen LogP contribution in [0.2, 0.25) is 0 Å². The predicted molar refractivity (Wildman–Crippen MR) is 144 cm³/mol. The molecule has 7 nitrogen and oxygen atoms in total. The summed E-state index contributed by atoms with van der Waals surface area (Å²) in [5, 5.41) is 6.12. The average Bonchev–Trinajstić information content (AvgIpc) is 3.42. The molecule has 1 fully saturated rings. The molecule has 0 bridgehead atoms. The number of rotatable bonds is 5. The maximum atomic E-state index is 13.7. The van der Waals surface area contributed by atoms with Crippen LogP contribution < -0.4 is 9.91 Å². The van der Waals surface area contributed by atoms with Crippen LogP contribution in [0.5, 0.6) is 0 Å². The Morgan fingerprint density at radius 3 is 2.43 bits per heavy atom. The third kappa shape index (κ3) is 4.95. The van der Waals surface area contributed by atoms with Gasteiger partial charge in [0.25, 0.3) is 5.91 Å². The first-order valence-corrected chi connectivity index (χ1v) is 13.0. The van der Waals surface area contributed by atoms with Crippen molar-refractivity contribution in [1.29, 1.82) is 0 Å². The van der Waals surface area contributed by atoms with Crippen LogP contribution in [-0.4, -0.2) is 28.9 Å². The summed E-state index contributed by atoms with van der Waals surface area (Å²) >= 11 is 8.21. The largest absolute Gasteiger partial charge is 0.280 e. The molecule has 0 N–H and O–H groups in total. The van der Waals surface area contributed by atoms with Crippen molar-refractivity contribution in [2.75, 3.05) is 9.91 Å². The van der Waals surface area contributed by atoms with Gasteiger partial charge < -0.3 is 0 Å². The second kappa shape index (κ2) is 9.80. The number of hydrogen-bond acceptors (Lipinski definition) is 6. The van der Waals surface area contributed by atoms with Crippen LogP contribution in [0.15, 0.2) is 80.8 Å². The van der Waals surface area contributed by atoms with Gasteiger partial charge in [-0.3, -0.25) is 19.3 Å². The van der Waals surface area contributed by atoms with Gasteiger partial charge in [0.05, 0.1) is 22.1 Å². The number of benzene rings is 3. The van der Waals surface area contributed by atoms with Crippen LogP contribution in [0.3, 0.4) is 0 Å². The Balaban J connectivity index is 1.54. The van der Waals surface area contributed by atoms with E-state index in [0.717, 1.165) is 29.6 Å². The molecule has 3 amide bonds. The summed E-state index contributed by atoms with van der Waals surface area (Å²) in [6, 6.07) is 19.7. The fourth-order valence-electron chi connectivity index (χ4n) is 3.60. The number of thiazole rings is 1. The number of nitrogens with zero attached hydrogens (tertiary/aromatic N) is 4. The summed E-state index contributed by atoms with van der Waals surface area (Å²) in [6.45, 7) is 0. The second-order valence-electron chi connectivity index (χ2n) is 7.69. The van der Waals surface area contributed by atoms with E-state index in [9.17, 15) is 14.4 Å². The SMILES string of the molecule is O=C(c1cccc(N2C(=O)CCC2=O)c1)N(/N=C/c1ccc(Br)cc1)c1nc2ccc(Br)cc2s1. The molecule has 4 aromatic rings. The first kappa shape index (κ1) is 23.5. The van der Waals surface area contributed by atoms with Gasteiger partial charge in [-0.1, -0.05) is 61.4 Å². The molecule has 2 heterocycles. The number of fused-ring (bicyclic) bond motifs is 1. The third-order valence-electron chi connectivity index (χ3n) is 5.31. The first-order chi connectivity index (χ1) is 16.9. The molecular weight excluding hydrogens is 596 g/mol. The van der Waals surface area contributed by atoms with Crippen molar-refractivity contribution in [2.45, 2.75) is 12.8 Å². The van der Waals surface area contributed by atoms with E-state index >= 15 is 0 Å². The molecule has 0 atom stereocenters. The minimum atomic E-state index is -0.433. The smallest absolute Gasteiger partial charge is 0.274 e. The van der Waals surface area contributed by atoms with E-state index in [0.29, 0.717) is 10.8 Å². The van der Waals surface area contributed by atoms with E-state index in [1.54, 1.807) is 24.4 Å². The summed E-state index contributed by atoms with van der Waals surface area (Å²) in [7, 11) is 0. The molecule has 1 aromatic heterocycles. The van der Waals surface area contributed by atoms with Crippen LogP contribution in [0.4, 0.5) is 10.8 Å². The number of halogens is 2. The number of anilines is 2. The van der Waals surface area contributed by atoms with E-state index < -0.39 is 5.91 Å². The van der Waals surface area contributed by atoms with Crippen molar-refractivity contribution in [2.24, 2.45) is 5.10 Å². The zero-order chi connectivity index (χ0) is 24.5. The molecule has 174 valence electrons. The molecule has 1 saturated heterocycles. The lowest BCUT2D eigenvalue weighted by atomic mass is 10.1. The van der Waals surface area contributed by atoms with Crippen molar-refractivity contribution in [3.8, 4) is 0 Å². The molecule has 3 aromatic carbocycles. The lowest BCUT2D eigenvalue weighted by molar-refractivity contribution is -0.121. The zero-order valence-electron chi connectivity index (χ0n) is 18.0. The van der Waals surface area contributed by atoms with Gasteiger partial charge in [0.1, 0.15) is 0 Å². The highest BCUT2D eigenvalue weighted by molar-refractivity contribution is 9.10. The number of carbonyl (C=O) groups is 3. The van der Waals surface area contributed by atoms with Gasteiger partial charge in [0.15, 0.2) is 0 Å². The fourth-order valence-corrected chi connectivity index (χ4v) is 5.34. The van der Waals surface area contributed by atoms with Crippen molar-refractivity contribution in [3.05, 3.63) is 86.8 Å². The number of carbonyl (C=O) groups excluding carboxylic acids is 3. The summed E-state index contributed by atoms with van der Waals surface area (Å²) < 4.78 is 2.74. The van der Waals surface area contributed by atoms with Crippen molar-refractivity contribution in [1.82, 2.24) is 4.98 Å². The molecule has 0 radical (unpaired) electrons. The lowest BCUT2D eigenvalue weighted by Gasteiger charge is -2.17. The van der Waals surface area contributed by atoms with Crippen LogP contribution in [-0.2, 0) is 9.59 Å². The third-order valence-corrected chi connectivity index (χ3v) is 7.32. The number of hydrazone groups is 1. The van der Waals surface area contributed by atoms with Gasteiger partial charge in [0, 0.05) is 27.4 Å². The van der Waals surface area contributed by atoms with Gasteiger partial charge in [0.2, 0.25) is 16.9 Å². The maximum Gasteiger partial charge on any atom is 0.280 e. The Morgan fingerprint density at radius 2 is 1.69 bits per heavy atom. The quantitative estimate of drug-likeness (QED) is 0.154. The lowest BCUT2D eigenvalue weighted by Crippen LogP contribution is -2.29. The normalized spacial score (nSPS) is 13.8. The van der Waals surface area contributed by atoms with Crippen LogP contribution in [0.1, 0.15) is 28.8 Å². The van der Waals surface area contributed by atoms with Crippen molar-refractivity contribution in [3.63, 3.8) is 0 Å². The average molecular weight is 612 g/mol. The van der Waals surface area contributed by atoms with Gasteiger partial charge in [-0.25, -0.2) is 4.98 Å². The number of amides is 3. The molecule has 1 aliphatic heterocycles. The highest BCUT2D eigenvalue weighted by atomic mass is 79.9. The van der Waals surface area contributed by atoms with E-state index in [1.165, 1.54) is 22.4 Å². The summed E-state index contributed by atoms with van der Waals surface area (Å²) in [4.78, 5) is 43.8. The van der Waals surface area contributed by atoms with Gasteiger partial charge in [-0.15, -0.1) is 0 Å². The highest BCUT2D eigenvalue weighted by Crippen LogP contribution is 2.32. The topological polar surface area (TPSA) is 82.9 Å². The Hall–Kier alpha value is -3.21. The first-order valence-electron chi connectivity index (χ1n) is 10.5. The molecule has 10 heteroatoms. The van der Waals surface area contributed by atoms with Crippen molar-refractivity contribution >= 4 is 88.2 Å². The van der Waals surface area contributed by atoms with Crippen LogP contribution >= 0.6 is 43.2 Å².